The molecule has 0 spiro atoms. The number of aliphatic imine (C=N–C) groups is 1. The molecule has 1 N–H and O–H groups in total. The molecule has 26 heavy (non-hydrogen) atoms. The lowest BCUT2D eigenvalue weighted by atomic mass is 9.86. The van der Waals surface area contributed by atoms with Crippen molar-refractivity contribution in [1.29, 1.82) is 0 Å². The van der Waals surface area contributed by atoms with Gasteiger partial charge in [0.1, 0.15) is 5.75 Å². The van der Waals surface area contributed by atoms with Crippen molar-refractivity contribution in [2.45, 2.75) is 63.8 Å². The third kappa shape index (κ3) is 4.31. The van der Waals surface area contributed by atoms with E-state index in [9.17, 15) is 18.3 Å². The minimum Gasteiger partial charge on any atom is -0.496 e. The monoisotopic (exact) mass is 372 g/mol. The summed E-state index contributed by atoms with van der Waals surface area (Å²) in [6.45, 7) is 3.47. The molecule has 1 aromatic carbocycles. The second-order valence-electron chi connectivity index (χ2n) is 6.94. The number of alkyl halides is 3. The average Bonchev–Trinajstić information content (AvgIpc) is 3.42. The van der Waals surface area contributed by atoms with Crippen LogP contribution in [0.15, 0.2) is 17.1 Å². The molecule has 1 fully saturated rings. The Morgan fingerprint density at radius 3 is 2.50 bits per heavy atom. The summed E-state index contributed by atoms with van der Waals surface area (Å²) in [4.78, 5) is 6.37. The molecule has 2 rings (SSSR count). The number of unbranched alkanes of at least 4 members (excludes halogenated alkanes) is 1. The number of rotatable bonds is 8. The first-order valence-corrected chi connectivity index (χ1v) is 8.88. The second kappa shape index (κ2) is 7.86. The Balaban J connectivity index is 2.43. The lowest BCUT2D eigenvalue weighted by Crippen LogP contribution is -2.42. The Labute approximate surface area is 152 Å². The van der Waals surface area contributed by atoms with Gasteiger partial charge in [0.05, 0.1) is 19.1 Å². The molecule has 4 nitrogen and oxygen atoms in total. The van der Waals surface area contributed by atoms with E-state index in [0.29, 0.717) is 23.7 Å². The van der Waals surface area contributed by atoms with Gasteiger partial charge in [0.15, 0.2) is 5.60 Å². The minimum atomic E-state index is -4.79. The van der Waals surface area contributed by atoms with Gasteiger partial charge in [-0.05, 0) is 37.8 Å². The molecule has 0 radical (unpaired) electrons. The highest BCUT2D eigenvalue weighted by atomic mass is 19.4. The lowest BCUT2D eigenvalue weighted by molar-refractivity contribution is -0.270. The fourth-order valence-corrected chi connectivity index (χ4v) is 2.90. The Kier molecular flexibility index (Phi) is 6.21. The standard InChI is InChI=1S/C19H27F3N2O2/c1-5-6-9-18(25,19(20,21)22)15-10-13(2)16(11-17(15)26-4)23-12-24(3)14-7-8-14/h10-12,14,25H,5-9H2,1-4H3. The molecule has 1 aromatic rings. The van der Waals surface area contributed by atoms with Crippen LogP contribution in [0.1, 0.15) is 50.2 Å². The fourth-order valence-electron chi connectivity index (χ4n) is 2.90. The highest BCUT2D eigenvalue weighted by Crippen LogP contribution is 2.47. The maximum Gasteiger partial charge on any atom is 0.421 e. The molecule has 0 amide bonds. The molecular weight excluding hydrogens is 345 g/mol. The predicted molar refractivity (Wildman–Crippen MR) is 96.1 cm³/mol. The molecule has 1 aliphatic rings. The molecule has 1 unspecified atom stereocenters. The highest BCUT2D eigenvalue weighted by molar-refractivity contribution is 5.66. The molecule has 1 atom stereocenters. The summed E-state index contributed by atoms with van der Waals surface area (Å²) in [7, 11) is 3.23. The van der Waals surface area contributed by atoms with Crippen molar-refractivity contribution in [2.24, 2.45) is 4.99 Å². The Morgan fingerprint density at radius 1 is 1.35 bits per heavy atom. The zero-order valence-corrected chi connectivity index (χ0v) is 15.7. The number of nitrogens with zero attached hydrogens (tertiary/aromatic N) is 2. The van der Waals surface area contributed by atoms with Gasteiger partial charge in [0.25, 0.3) is 0 Å². The summed E-state index contributed by atoms with van der Waals surface area (Å²) in [6, 6.07) is 3.29. The van der Waals surface area contributed by atoms with Crippen LogP contribution in [0.2, 0.25) is 0 Å². The molecule has 0 bridgehead atoms. The topological polar surface area (TPSA) is 45.1 Å². The lowest BCUT2D eigenvalue weighted by Gasteiger charge is -2.32. The van der Waals surface area contributed by atoms with Gasteiger partial charge in [-0.1, -0.05) is 19.8 Å². The summed E-state index contributed by atoms with van der Waals surface area (Å²) in [5.41, 5.74) is -2.11. The molecule has 1 saturated carbocycles. The first-order chi connectivity index (χ1) is 12.1. The average molecular weight is 372 g/mol. The zero-order chi connectivity index (χ0) is 19.5. The summed E-state index contributed by atoms with van der Waals surface area (Å²) < 4.78 is 46.2. The van der Waals surface area contributed by atoms with Crippen LogP contribution in [0.25, 0.3) is 0 Å². The van der Waals surface area contributed by atoms with E-state index in [4.69, 9.17) is 4.74 Å². The van der Waals surface area contributed by atoms with Crippen LogP contribution in [-0.4, -0.2) is 42.7 Å². The molecule has 146 valence electrons. The quantitative estimate of drug-likeness (QED) is 0.531. The number of aliphatic hydroxyl groups is 1. The first kappa shape index (κ1) is 20.6. The van der Waals surface area contributed by atoms with Crippen LogP contribution in [0.4, 0.5) is 18.9 Å². The van der Waals surface area contributed by atoms with E-state index in [1.54, 1.807) is 20.2 Å². The van der Waals surface area contributed by atoms with Crippen molar-refractivity contribution in [3.63, 3.8) is 0 Å². The molecule has 7 heteroatoms. The summed E-state index contributed by atoms with van der Waals surface area (Å²) >= 11 is 0. The van der Waals surface area contributed by atoms with Crippen LogP contribution in [0.5, 0.6) is 5.75 Å². The number of halogens is 3. The number of hydrogen-bond acceptors (Lipinski definition) is 3. The van der Waals surface area contributed by atoms with E-state index in [0.717, 1.165) is 12.8 Å². The SMILES string of the molecule is CCCCC(O)(c1cc(C)c(N=CN(C)C2CC2)cc1OC)C(F)(F)F. The van der Waals surface area contributed by atoms with Gasteiger partial charge in [-0.25, -0.2) is 4.99 Å². The number of ether oxygens (including phenoxy) is 1. The van der Waals surface area contributed by atoms with Gasteiger partial charge < -0.3 is 14.7 Å². The highest BCUT2D eigenvalue weighted by Gasteiger charge is 2.55. The maximum atomic E-state index is 13.7. The van der Waals surface area contributed by atoms with Gasteiger partial charge in [-0.3, -0.25) is 0 Å². The van der Waals surface area contributed by atoms with E-state index < -0.39 is 18.2 Å². The van der Waals surface area contributed by atoms with Gasteiger partial charge in [-0.15, -0.1) is 0 Å². The van der Waals surface area contributed by atoms with Crippen LogP contribution >= 0.6 is 0 Å². The number of benzene rings is 1. The van der Waals surface area contributed by atoms with Crippen molar-refractivity contribution >= 4 is 12.0 Å². The fraction of sp³-hybridized carbons (Fsp3) is 0.632. The molecule has 1 aliphatic carbocycles. The summed E-state index contributed by atoms with van der Waals surface area (Å²) in [5.74, 6) is -0.00671. The number of hydrogen-bond donors (Lipinski definition) is 1. The van der Waals surface area contributed by atoms with Gasteiger partial charge >= 0.3 is 6.18 Å². The third-order valence-electron chi connectivity index (χ3n) is 4.83. The van der Waals surface area contributed by atoms with E-state index in [1.165, 1.54) is 19.2 Å². The number of aryl methyl sites for hydroxylation is 1. The predicted octanol–water partition coefficient (Wildman–Crippen LogP) is 4.70. The Morgan fingerprint density at radius 2 is 2.00 bits per heavy atom. The van der Waals surface area contributed by atoms with Crippen molar-refractivity contribution in [3.8, 4) is 5.75 Å². The van der Waals surface area contributed by atoms with Crippen molar-refractivity contribution in [2.75, 3.05) is 14.2 Å². The van der Waals surface area contributed by atoms with Crippen molar-refractivity contribution in [3.05, 3.63) is 23.3 Å². The van der Waals surface area contributed by atoms with Gasteiger partial charge in [0, 0.05) is 24.7 Å². The van der Waals surface area contributed by atoms with Crippen LogP contribution in [0, 0.1) is 6.92 Å². The number of methoxy groups -OCH3 is 1. The molecular formula is C19H27F3N2O2. The Hall–Kier alpha value is -1.76. The molecule has 0 saturated heterocycles. The molecule has 0 heterocycles. The molecule has 0 aliphatic heterocycles. The summed E-state index contributed by atoms with van der Waals surface area (Å²) in [6.07, 6.45) is -0.458. The van der Waals surface area contributed by atoms with Crippen LogP contribution < -0.4 is 4.74 Å². The molecule has 0 aromatic heterocycles. The smallest absolute Gasteiger partial charge is 0.421 e. The first-order valence-electron chi connectivity index (χ1n) is 8.88. The minimum absolute atomic E-state index is 0.00671. The van der Waals surface area contributed by atoms with Crippen molar-refractivity contribution in [1.82, 2.24) is 4.90 Å². The van der Waals surface area contributed by atoms with Crippen molar-refractivity contribution < 1.29 is 23.0 Å². The second-order valence-corrected chi connectivity index (χ2v) is 6.94. The van der Waals surface area contributed by atoms with E-state index in [1.807, 2.05) is 11.9 Å². The Bertz CT molecular complexity index is 657. The zero-order valence-electron chi connectivity index (χ0n) is 15.7. The van der Waals surface area contributed by atoms with E-state index >= 15 is 0 Å². The van der Waals surface area contributed by atoms with Crippen LogP contribution in [0.3, 0.4) is 0 Å². The van der Waals surface area contributed by atoms with E-state index in [2.05, 4.69) is 4.99 Å². The maximum absolute atomic E-state index is 13.7. The van der Waals surface area contributed by atoms with Crippen LogP contribution in [-0.2, 0) is 5.60 Å². The third-order valence-corrected chi connectivity index (χ3v) is 4.83. The normalized spacial score (nSPS) is 17.4. The largest absolute Gasteiger partial charge is 0.496 e. The van der Waals surface area contributed by atoms with Gasteiger partial charge in [0.2, 0.25) is 0 Å². The summed E-state index contributed by atoms with van der Waals surface area (Å²) in [5, 5.41) is 10.5. The van der Waals surface area contributed by atoms with E-state index in [-0.39, 0.29) is 17.7 Å². The van der Waals surface area contributed by atoms with Gasteiger partial charge in [-0.2, -0.15) is 13.2 Å².